The van der Waals surface area contributed by atoms with Crippen LogP contribution in [-0.4, -0.2) is 258 Å². The highest BCUT2D eigenvalue weighted by molar-refractivity contribution is 8.00. The van der Waals surface area contributed by atoms with Crippen LogP contribution in [0.1, 0.15) is 111 Å². The summed E-state index contributed by atoms with van der Waals surface area (Å²) in [5, 5.41) is 75.7. The quantitative estimate of drug-likeness (QED) is 0.0128. The number of nitrogens with two attached hydrogens (primary N) is 1. The monoisotopic (exact) mass is 1620 g/mol. The molecule has 0 saturated carbocycles. The number of nitrogens with zero attached hydrogens (tertiary/aromatic N) is 1. The highest BCUT2D eigenvalue weighted by atomic mass is 32.2. The molecule has 3 aliphatic heterocycles. The molecule has 3 saturated heterocycles. The van der Waals surface area contributed by atoms with Crippen molar-refractivity contribution in [3.63, 3.8) is 0 Å². The van der Waals surface area contributed by atoms with E-state index in [9.17, 15) is 107 Å². The zero-order valence-corrected chi connectivity index (χ0v) is 65.4. The van der Waals surface area contributed by atoms with Crippen LogP contribution in [-0.2, 0) is 89.1 Å². The summed E-state index contributed by atoms with van der Waals surface area (Å²) in [6.07, 6.45) is -1.48. The highest BCUT2D eigenvalue weighted by Crippen LogP contribution is 2.39. The Morgan fingerprint density at radius 1 is 0.604 bits per heavy atom. The molecule has 0 aromatic heterocycles. The first kappa shape index (κ1) is 92.2. The zero-order valence-electron chi connectivity index (χ0n) is 62.8. The van der Waals surface area contributed by atoms with Crippen molar-refractivity contribution in [3.05, 3.63) is 59.7 Å². The van der Waals surface area contributed by atoms with Gasteiger partial charge < -0.3 is 115 Å². The van der Waals surface area contributed by atoms with Crippen LogP contribution < -0.4 is 80.2 Å². The number of carbonyl (C=O) groups excluding carboxylic acids is 15. The van der Waals surface area contributed by atoms with Crippen molar-refractivity contribution < 1.29 is 111 Å². The van der Waals surface area contributed by atoms with Crippen LogP contribution in [0, 0.1) is 17.8 Å². The summed E-state index contributed by atoms with van der Waals surface area (Å²) >= 11 is 6.01. The molecule has 3 aliphatic rings. The number of primary amides is 1. The van der Waals surface area contributed by atoms with Gasteiger partial charge in [0.2, 0.25) is 82.7 Å². The fourth-order valence-electron chi connectivity index (χ4n) is 12.2. The summed E-state index contributed by atoms with van der Waals surface area (Å²) in [7, 11) is -5.43. The SMILES string of the molecule is CC[C@H](C)[C@H](NC(=O)[C@H](Cc1ccc(O)cc1)NC(=O)[C@H](CS)NC(=O)[C@@H]1CCCN1C(=O)[C@@H](NC(=O)CNC(=O)[C@@H](NC(=O)[C@@H](NC(=O)[C@@H](NC(=O)[C@H](Cc1ccc(O)cc1)NC(=O)CNC(=O)CNC(=O)CCCC[C@@H]1SC[C@@H]2NC(=O)N[C@@H]21)[C@@H](C)O)C(C)C)C(C)C)[C@@H](C)OP(=O)(O)O)C(=O)N[C@@H](CO)C(N)=O. The molecule has 3 heterocycles. The number of aliphatic hydroxyl groups is 2. The minimum atomic E-state index is -5.43. The number of phenols is 2. The molecule has 616 valence electrons. The average molecular weight is 1620 g/mol. The Hall–Kier alpha value is -9.38. The summed E-state index contributed by atoms with van der Waals surface area (Å²) in [5.41, 5.74) is 6.12. The maximum Gasteiger partial charge on any atom is 0.469 e. The van der Waals surface area contributed by atoms with Gasteiger partial charge in [0.05, 0.1) is 50.5 Å². The van der Waals surface area contributed by atoms with Crippen LogP contribution in [0.25, 0.3) is 0 Å². The van der Waals surface area contributed by atoms with Crippen LogP contribution in [0.15, 0.2) is 48.5 Å². The van der Waals surface area contributed by atoms with E-state index in [0.717, 1.165) is 30.9 Å². The van der Waals surface area contributed by atoms with E-state index >= 15 is 0 Å². The first-order valence-corrected chi connectivity index (χ1v) is 39.5. The van der Waals surface area contributed by atoms with Crippen molar-refractivity contribution in [2.45, 2.75) is 203 Å². The molecular weight excluding hydrogens is 1520 g/mol. The van der Waals surface area contributed by atoms with E-state index in [1.54, 1.807) is 25.6 Å². The lowest BCUT2D eigenvalue weighted by Crippen LogP contribution is -2.62. The third-order valence-electron chi connectivity index (χ3n) is 18.6. The molecule has 0 aliphatic carbocycles. The largest absolute Gasteiger partial charge is 0.508 e. The van der Waals surface area contributed by atoms with Gasteiger partial charge in [-0.15, -0.1) is 0 Å². The number of thiol groups is 1. The Morgan fingerprint density at radius 2 is 1.10 bits per heavy atom. The minimum Gasteiger partial charge on any atom is -0.508 e. The number of hydrogen-bond acceptors (Lipinski definition) is 23. The number of phenolic OH excluding ortho intramolecular Hbond substituents is 2. The smallest absolute Gasteiger partial charge is 0.469 e. The Bertz CT molecular complexity index is 3670. The molecule has 42 heteroatoms. The minimum absolute atomic E-state index is 0.0246. The van der Waals surface area contributed by atoms with Crippen LogP contribution >= 0.6 is 32.2 Å². The average Bonchev–Trinajstić information content (AvgIpc) is 1.73. The van der Waals surface area contributed by atoms with Crippen molar-refractivity contribution in [2.75, 3.05) is 44.3 Å². The van der Waals surface area contributed by atoms with Crippen molar-refractivity contribution in [3.8, 4) is 11.5 Å². The number of nitrogens with one attached hydrogen (secondary N) is 14. The molecule has 16 amide bonds. The lowest BCUT2D eigenvalue weighted by atomic mass is 9.96. The fraction of sp³-hybridized carbons (Fsp3) is 0.609. The van der Waals surface area contributed by atoms with E-state index in [-0.39, 0.29) is 73.5 Å². The van der Waals surface area contributed by atoms with E-state index < -0.39 is 213 Å². The van der Waals surface area contributed by atoms with Crippen molar-refractivity contribution in [1.82, 2.24) is 79.3 Å². The molecule has 22 N–H and O–H groups in total. The zero-order chi connectivity index (χ0) is 82.7. The Balaban J connectivity index is 1.20. The van der Waals surface area contributed by atoms with Crippen LogP contribution in [0.5, 0.6) is 11.5 Å². The molecule has 39 nitrogen and oxygen atoms in total. The third-order valence-corrected chi connectivity index (χ3v) is 21.1. The third kappa shape index (κ3) is 29.3. The fourth-order valence-corrected chi connectivity index (χ4v) is 14.6. The lowest BCUT2D eigenvalue weighted by molar-refractivity contribution is -0.144. The van der Waals surface area contributed by atoms with Gasteiger partial charge in [0.25, 0.3) is 0 Å². The van der Waals surface area contributed by atoms with Gasteiger partial charge in [0.15, 0.2) is 0 Å². The van der Waals surface area contributed by atoms with Gasteiger partial charge in [-0.25, -0.2) is 9.36 Å². The number of aromatic hydroxyl groups is 2. The number of urea groups is 1. The molecule has 0 unspecified atom stereocenters. The maximum atomic E-state index is 14.5. The Kier molecular flexibility index (Phi) is 36.6. The summed E-state index contributed by atoms with van der Waals surface area (Å²) in [6.45, 7) is 8.42. The van der Waals surface area contributed by atoms with Crippen molar-refractivity contribution in [1.29, 1.82) is 0 Å². The predicted octanol–water partition coefficient (Wildman–Crippen LogP) is -5.04. The number of hydrogen-bond donors (Lipinski definition) is 22. The van der Waals surface area contributed by atoms with Gasteiger partial charge in [-0.3, -0.25) is 71.6 Å². The van der Waals surface area contributed by atoms with Crippen molar-refractivity contribution >= 4 is 121 Å². The molecule has 0 spiro atoms. The molecule has 5 rings (SSSR count). The van der Waals surface area contributed by atoms with E-state index in [2.05, 4.69) is 87.1 Å². The number of aliphatic hydroxyl groups excluding tert-OH is 2. The summed E-state index contributed by atoms with van der Waals surface area (Å²) in [4.78, 5) is 223. The molecular formula is C69H105N16O23PS2. The van der Waals surface area contributed by atoms with Crippen LogP contribution in [0.4, 0.5) is 4.79 Å². The number of thioether (sulfide) groups is 1. The van der Waals surface area contributed by atoms with Crippen molar-refractivity contribution in [2.24, 2.45) is 23.5 Å². The molecule has 2 aromatic rings. The summed E-state index contributed by atoms with van der Waals surface area (Å²) in [6, 6.07) is -4.63. The molecule has 3 fully saturated rings. The first-order valence-electron chi connectivity index (χ1n) is 36.2. The number of rotatable bonds is 44. The number of amides is 16. The van der Waals surface area contributed by atoms with E-state index in [4.69, 9.17) is 10.3 Å². The van der Waals surface area contributed by atoms with Gasteiger partial charge in [-0.05, 0) is 92.7 Å². The second kappa shape index (κ2) is 44.0. The number of likely N-dealkylation sites (tertiary alicyclic amines) is 1. The topological polar surface area (TPSA) is 601 Å². The first-order chi connectivity index (χ1) is 52.2. The van der Waals surface area contributed by atoms with Gasteiger partial charge in [0.1, 0.15) is 71.9 Å². The van der Waals surface area contributed by atoms with E-state index in [1.165, 1.54) is 76.2 Å². The number of phosphoric ester groups is 1. The summed E-state index contributed by atoms with van der Waals surface area (Å²) < 4.78 is 17.0. The number of fused-ring (bicyclic) bond motifs is 1. The Labute approximate surface area is 650 Å². The van der Waals surface area contributed by atoms with Crippen LogP contribution in [0.3, 0.4) is 0 Å². The van der Waals surface area contributed by atoms with Gasteiger partial charge in [-0.2, -0.15) is 24.4 Å². The van der Waals surface area contributed by atoms with E-state index in [1.807, 2.05) is 0 Å². The van der Waals surface area contributed by atoms with Gasteiger partial charge >= 0.3 is 13.9 Å². The molecule has 16 atom stereocenters. The van der Waals surface area contributed by atoms with Gasteiger partial charge in [0, 0.05) is 42.6 Å². The highest BCUT2D eigenvalue weighted by Gasteiger charge is 2.45. The van der Waals surface area contributed by atoms with E-state index in [0.29, 0.717) is 30.4 Å². The normalized spacial score (nSPS) is 19.1. The second-order valence-electron chi connectivity index (χ2n) is 28.0. The molecule has 0 bridgehead atoms. The lowest BCUT2D eigenvalue weighted by Gasteiger charge is -2.32. The summed E-state index contributed by atoms with van der Waals surface area (Å²) in [5.74, 6) is -15.2. The predicted molar refractivity (Wildman–Crippen MR) is 402 cm³/mol. The second-order valence-corrected chi connectivity index (χ2v) is 30.9. The van der Waals surface area contributed by atoms with Crippen LogP contribution in [0.2, 0.25) is 0 Å². The number of phosphoric acid groups is 1. The van der Waals surface area contributed by atoms with Gasteiger partial charge in [-0.1, -0.05) is 78.6 Å². The number of unbranched alkanes of at least 4 members (excludes halogenated alkanes) is 1. The molecule has 111 heavy (non-hydrogen) atoms. The number of carbonyl (C=O) groups is 15. The molecule has 2 aromatic carbocycles. The standard InChI is InChI=1S/C69H105N16O23PS2/c1-9-35(6)55(66(101)76-44(30-86)59(70)94)82-61(96)43(26-39-18-22-41(89)23-19-39)75-62(97)45(31-110)77-63(98)47-13-12-24-85(47)68(103)57(37(8)108-109(105,106)107)79-52(93)29-73-64(99)53(33(2)3)80-65(100)54(34(4)5)81-67(102)56(36(7)87)83-60(95)42(25-38-16-20-40(88)21-17-38)74-51(92)28-72-50(91)27-71-49(90)15-11-10-14-48-58-46(32-111-48)78-69(104)84-58/h16-23,33-37,42-48,53-58,86-89,110H,9-15,24-32H2,1-8H3,(H2,70,94)(H,71,90)(H,72,91)(H,73,99)(H,74,92)(H,75,97)(H,76,101)(H,77,98)(H,79,93)(H,80,100)(H,81,102)(H,82,96)(H,83,95)(H2,78,84,104)(H2,105,106,107)/t35-,36+,37+,42-,43-,44-,45-,46-,47-,48-,53-,54-,55-,56-,57-,58-/m0/s1. The molecule has 0 radical (unpaired) electrons. The Morgan fingerprint density at radius 3 is 1.64 bits per heavy atom. The number of benzene rings is 2. The maximum absolute atomic E-state index is 14.5.